The van der Waals surface area contributed by atoms with Crippen LogP contribution in [0.5, 0.6) is 11.5 Å². The van der Waals surface area contributed by atoms with Crippen LogP contribution in [0.15, 0.2) is 66.7 Å². The summed E-state index contributed by atoms with van der Waals surface area (Å²) in [4.78, 5) is 25.1. The Labute approximate surface area is 275 Å². The molecule has 0 radical (unpaired) electrons. The number of unbranched alkanes of at least 4 members (excludes halogenated alkanes) is 10. The number of hydrogen-bond acceptors (Lipinski definition) is 5. The van der Waals surface area contributed by atoms with Gasteiger partial charge < -0.3 is 14.2 Å². The molecule has 1 atom stereocenters. The van der Waals surface area contributed by atoms with Crippen molar-refractivity contribution in [3.8, 4) is 22.6 Å². The highest BCUT2D eigenvalue weighted by Crippen LogP contribution is 2.29. The molecule has 0 spiro atoms. The van der Waals surface area contributed by atoms with Crippen LogP contribution in [-0.4, -0.2) is 30.8 Å². The zero-order valence-corrected chi connectivity index (χ0v) is 27.4. The van der Waals surface area contributed by atoms with E-state index in [1.54, 1.807) is 24.3 Å². The molecule has 0 saturated heterocycles. The quantitative estimate of drug-likeness (QED) is 0.0523. The third-order valence-electron chi connectivity index (χ3n) is 7.88. The van der Waals surface area contributed by atoms with Crippen molar-refractivity contribution in [1.29, 1.82) is 0 Å². The van der Waals surface area contributed by atoms with Crippen LogP contribution in [0.1, 0.15) is 118 Å². The first-order valence-electron chi connectivity index (χ1n) is 16.7. The summed E-state index contributed by atoms with van der Waals surface area (Å²) in [6, 6.07) is 17.2. The van der Waals surface area contributed by atoms with E-state index in [1.165, 1.54) is 25.7 Å². The fraction of sp³-hybridized carbons (Fsp3) is 0.474. The second-order valence-electron chi connectivity index (χ2n) is 11.7. The van der Waals surface area contributed by atoms with Gasteiger partial charge in [-0.15, -0.1) is 0 Å². The molecule has 256 valence electrons. The first kappa shape index (κ1) is 37.6. The van der Waals surface area contributed by atoms with Crippen LogP contribution >= 0.6 is 0 Å². The lowest BCUT2D eigenvalue weighted by atomic mass is 10.0. The van der Waals surface area contributed by atoms with Crippen molar-refractivity contribution >= 4 is 11.9 Å². The van der Waals surface area contributed by atoms with E-state index in [4.69, 9.17) is 9.47 Å². The second-order valence-corrected chi connectivity index (χ2v) is 11.7. The van der Waals surface area contributed by atoms with E-state index in [0.717, 1.165) is 73.6 Å². The molecule has 0 aliphatic heterocycles. The summed E-state index contributed by atoms with van der Waals surface area (Å²) in [5.74, 6) is -2.76. The molecule has 0 aliphatic rings. The van der Waals surface area contributed by atoms with Crippen molar-refractivity contribution in [1.82, 2.24) is 0 Å². The van der Waals surface area contributed by atoms with Crippen LogP contribution in [0, 0.1) is 5.82 Å². The highest BCUT2D eigenvalue weighted by Gasteiger charge is 2.42. The molecule has 0 heterocycles. The van der Waals surface area contributed by atoms with E-state index in [-0.39, 0.29) is 17.7 Å². The molecule has 3 rings (SSSR count). The van der Waals surface area contributed by atoms with Gasteiger partial charge in [0.15, 0.2) is 6.10 Å². The van der Waals surface area contributed by atoms with Crippen molar-refractivity contribution in [3.05, 3.63) is 83.7 Å². The maximum Gasteiger partial charge on any atom is 0.425 e. The van der Waals surface area contributed by atoms with Gasteiger partial charge in [-0.3, -0.25) is 0 Å². The van der Waals surface area contributed by atoms with Crippen molar-refractivity contribution in [2.75, 3.05) is 6.61 Å². The molecule has 0 N–H and O–H groups in total. The predicted molar refractivity (Wildman–Crippen MR) is 175 cm³/mol. The first-order chi connectivity index (χ1) is 22.6. The Morgan fingerprint density at radius 2 is 1.19 bits per heavy atom. The Morgan fingerprint density at radius 1 is 0.660 bits per heavy atom. The monoisotopic (exact) mass is 658 g/mol. The Hall–Kier alpha value is -3.88. The molecule has 0 aromatic heterocycles. The predicted octanol–water partition coefficient (Wildman–Crippen LogP) is 11.3. The van der Waals surface area contributed by atoms with Gasteiger partial charge >= 0.3 is 18.1 Å². The van der Waals surface area contributed by atoms with Crippen LogP contribution in [0.2, 0.25) is 0 Å². The maximum atomic E-state index is 14.8. The zero-order chi connectivity index (χ0) is 34.1. The van der Waals surface area contributed by atoms with Gasteiger partial charge in [0, 0.05) is 6.07 Å². The minimum Gasteiger partial charge on any atom is -0.494 e. The molecule has 0 amide bonds. The molecule has 0 aliphatic carbocycles. The highest BCUT2D eigenvalue weighted by molar-refractivity contribution is 5.92. The third kappa shape index (κ3) is 13.0. The number of esters is 2. The van der Waals surface area contributed by atoms with Gasteiger partial charge in [0.05, 0.1) is 17.7 Å². The fourth-order valence-corrected chi connectivity index (χ4v) is 5.10. The average Bonchev–Trinajstić information content (AvgIpc) is 3.05. The van der Waals surface area contributed by atoms with Gasteiger partial charge in [0.1, 0.15) is 17.3 Å². The molecular weight excluding hydrogens is 612 g/mol. The number of benzene rings is 3. The van der Waals surface area contributed by atoms with E-state index >= 15 is 0 Å². The molecular formula is C38H46F4O5. The number of carbonyl (C=O) groups is 2. The number of ether oxygens (including phenoxy) is 3. The number of carbonyl (C=O) groups excluding carboxylic acids is 2. The van der Waals surface area contributed by atoms with E-state index < -0.39 is 42.0 Å². The van der Waals surface area contributed by atoms with Crippen molar-refractivity contribution in [2.24, 2.45) is 0 Å². The summed E-state index contributed by atoms with van der Waals surface area (Å²) in [5, 5.41) is 0. The summed E-state index contributed by atoms with van der Waals surface area (Å²) >= 11 is 0. The lowest BCUT2D eigenvalue weighted by molar-refractivity contribution is -0.206. The summed E-state index contributed by atoms with van der Waals surface area (Å²) in [7, 11) is 0. The summed E-state index contributed by atoms with van der Waals surface area (Å²) < 4.78 is 71.0. The van der Waals surface area contributed by atoms with Gasteiger partial charge in [-0.2, -0.15) is 13.2 Å². The SMILES string of the molecule is CCCCCCCCOc1ccc(-c2ccc(C(=O)Oc3ccc(C(=O)OC(CCCCCCCC)C(F)(F)F)c(F)c3)cc2)cc1. The van der Waals surface area contributed by atoms with E-state index in [0.29, 0.717) is 13.0 Å². The molecule has 0 saturated carbocycles. The van der Waals surface area contributed by atoms with Gasteiger partial charge in [0.25, 0.3) is 0 Å². The van der Waals surface area contributed by atoms with Crippen LogP contribution in [0.25, 0.3) is 11.1 Å². The van der Waals surface area contributed by atoms with Crippen LogP contribution in [0.4, 0.5) is 17.6 Å². The van der Waals surface area contributed by atoms with Crippen LogP contribution in [-0.2, 0) is 4.74 Å². The van der Waals surface area contributed by atoms with Crippen molar-refractivity contribution in [3.63, 3.8) is 0 Å². The zero-order valence-electron chi connectivity index (χ0n) is 27.4. The fourth-order valence-electron chi connectivity index (χ4n) is 5.10. The van der Waals surface area contributed by atoms with E-state index in [1.807, 2.05) is 31.2 Å². The normalized spacial score (nSPS) is 12.0. The van der Waals surface area contributed by atoms with Gasteiger partial charge in [-0.1, -0.05) is 102 Å². The lowest BCUT2D eigenvalue weighted by Crippen LogP contribution is -2.34. The summed E-state index contributed by atoms with van der Waals surface area (Å²) in [6.45, 7) is 4.92. The molecule has 9 heteroatoms. The van der Waals surface area contributed by atoms with Gasteiger partial charge in [0.2, 0.25) is 0 Å². The number of alkyl halides is 3. The largest absolute Gasteiger partial charge is 0.494 e. The minimum atomic E-state index is -4.77. The highest BCUT2D eigenvalue weighted by atomic mass is 19.4. The summed E-state index contributed by atoms with van der Waals surface area (Å²) in [6.07, 6.45) is 4.27. The maximum absolute atomic E-state index is 14.8. The van der Waals surface area contributed by atoms with Crippen LogP contribution in [0.3, 0.4) is 0 Å². The number of rotatable bonds is 20. The average molecular weight is 659 g/mol. The van der Waals surface area contributed by atoms with E-state index in [9.17, 15) is 27.2 Å². The minimum absolute atomic E-state index is 0.205. The molecule has 1 unspecified atom stereocenters. The van der Waals surface area contributed by atoms with Gasteiger partial charge in [-0.05, 0) is 66.8 Å². The standard InChI is InChI=1S/C38H46F4O5/c1-3-5-7-9-11-13-15-35(38(40,41)42)47-37(44)33-25-24-32(27-34(33)39)46-36(43)30-18-16-28(17-19-30)29-20-22-31(23-21-29)45-26-14-12-10-8-6-4-2/h16-25,27,35H,3-15,26H2,1-2H3. The topological polar surface area (TPSA) is 61.8 Å². The van der Waals surface area contributed by atoms with Crippen LogP contribution < -0.4 is 9.47 Å². The third-order valence-corrected chi connectivity index (χ3v) is 7.88. The number of halogens is 4. The Morgan fingerprint density at radius 3 is 1.77 bits per heavy atom. The molecule has 3 aromatic rings. The Bertz CT molecular complexity index is 1370. The molecule has 3 aromatic carbocycles. The summed E-state index contributed by atoms with van der Waals surface area (Å²) in [5.41, 5.74) is 1.33. The van der Waals surface area contributed by atoms with Crippen molar-refractivity contribution < 1.29 is 41.4 Å². The second kappa shape index (κ2) is 19.7. The smallest absolute Gasteiger partial charge is 0.425 e. The molecule has 47 heavy (non-hydrogen) atoms. The Balaban J connectivity index is 1.51. The van der Waals surface area contributed by atoms with Crippen molar-refractivity contribution in [2.45, 2.75) is 110 Å². The number of hydrogen-bond donors (Lipinski definition) is 0. The Kier molecular flexibility index (Phi) is 15.8. The molecule has 5 nitrogen and oxygen atoms in total. The first-order valence-corrected chi connectivity index (χ1v) is 16.7. The molecule has 0 fully saturated rings. The lowest BCUT2D eigenvalue weighted by Gasteiger charge is -2.21. The molecule has 0 bridgehead atoms. The van der Waals surface area contributed by atoms with Gasteiger partial charge in [-0.25, -0.2) is 14.0 Å². The van der Waals surface area contributed by atoms with E-state index in [2.05, 4.69) is 11.7 Å².